The highest BCUT2D eigenvalue weighted by atomic mass is 15.2. The first kappa shape index (κ1) is 12.4. The standard InChI is InChI=1S/C14H28N2/c1-10(2)14-9-16(12(4)7-15-14)8-11(3)13-5-6-13/h10-15H,5-9H2,1-4H3. The molecule has 0 amide bonds. The molecule has 0 aromatic carbocycles. The van der Waals surface area contributed by atoms with Crippen LogP contribution in [-0.2, 0) is 0 Å². The van der Waals surface area contributed by atoms with Gasteiger partial charge in [-0.25, -0.2) is 0 Å². The first-order chi connectivity index (χ1) is 7.58. The van der Waals surface area contributed by atoms with E-state index in [9.17, 15) is 0 Å². The maximum Gasteiger partial charge on any atom is 0.0218 e. The lowest BCUT2D eigenvalue weighted by Gasteiger charge is -2.41. The van der Waals surface area contributed by atoms with Crippen LogP contribution in [0, 0.1) is 17.8 Å². The lowest BCUT2D eigenvalue weighted by atomic mass is 9.97. The molecule has 0 radical (unpaired) electrons. The third kappa shape index (κ3) is 2.98. The number of rotatable bonds is 4. The minimum atomic E-state index is 0.697. The zero-order valence-electron chi connectivity index (χ0n) is 11.4. The molecule has 16 heavy (non-hydrogen) atoms. The topological polar surface area (TPSA) is 15.3 Å². The van der Waals surface area contributed by atoms with E-state index in [2.05, 4.69) is 37.9 Å². The lowest BCUT2D eigenvalue weighted by Crippen LogP contribution is -2.57. The maximum absolute atomic E-state index is 3.67. The molecule has 94 valence electrons. The van der Waals surface area contributed by atoms with Crippen LogP contribution in [0.3, 0.4) is 0 Å². The van der Waals surface area contributed by atoms with Crippen molar-refractivity contribution in [1.29, 1.82) is 0 Å². The van der Waals surface area contributed by atoms with Gasteiger partial charge in [0, 0.05) is 31.7 Å². The number of piperazine rings is 1. The van der Waals surface area contributed by atoms with E-state index in [1.165, 1.54) is 32.5 Å². The predicted octanol–water partition coefficient (Wildman–Crippen LogP) is 2.35. The lowest BCUT2D eigenvalue weighted by molar-refractivity contribution is 0.103. The fourth-order valence-electron chi connectivity index (χ4n) is 2.83. The van der Waals surface area contributed by atoms with Crippen LogP contribution in [0.5, 0.6) is 0 Å². The molecular formula is C14H28N2. The van der Waals surface area contributed by atoms with Gasteiger partial charge in [-0.05, 0) is 37.5 Å². The van der Waals surface area contributed by atoms with Gasteiger partial charge in [0.1, 0.15) is 0 Å². The van der Waals surface area contributed by atoms with E-state index in [1.54, 1.807) is 0 Å². The van der Waals surface area contributed by atoms with Crippen molar-refractivity contribution in [3.63, 3.8) is 0 Å². The fourth-order valence-corrected chi connectivity index (χ4v) is 2.83. The number of hydrogen-bond acceptors (Lipinski definition) is 2. The van der Waals surface area contributed by atoms with E-state index >= 15 is 0 Å². The number of nitrogens with zero attached hydrogens (tertiary/aromatic N) is 1. The molecule has 2 heteroatoms. The van der Waals surface area contributed by atoms with Crippen LogP contribution >= 0.6 is 0 Å². The molecule has 2 nitrogen and oxygen atoms in total. The molecule has 3 unspecified atom stereocenters. The molecule has 0 aromatic heterocycles. The SMILES string of the molecule is CC(C)C1CN(CC(C)C2CC2)C(C)CN1. The van der Waals surface area contributed by atoms with E-state index in [0.717, 1.165) is 23.8 Å². The Kier molecular flexibility index (Phi) is 3.91. The van der Waals surface area contributed by atoms with Crippen LogP contribution in [0.4, 0.5) is 0 Å². The Hall–Kier alpha value is -0.0800. The molecule has 1 N–H and O–H groups in total. The second kappa shape index (κ2) is 5.05. The third-order valence-electron chi connectivity index (χ3n) is 4.48. The summed E-state index contributed by atoms with van der Waals surface area (Å²) in [7, 11) is 0. The van der Waals surface area contributed by atoms with Crippen LogP contribution in [0.15, 0.2) is 0 Å². The quantitative estimate of drug-likeness (QED) is 0.788. The Bertz CT molecular complexity index is 221. The fraction of sp³-hybridized carbons (Fsp3) is 1.00. The summed E-state index contributed by atoms with van der Waals surface area (Å²) in [5.41, 5.74) is 0. The van der Waals surface area contributed by atoms with Crippen LogP contribution in [0.1, 0.15) is 40.5 Å². The van der Waals surface area contributed by atoms with Gasteiger partial charge in [0.15, 0.2) is 0 Å². The summed E-state index contributed by atoms with van der Waals surface area (Å²) in [6, 6.07) is 1.42. The normalized spacial score (nSPS) is 34.3. The van der Waals surface area contributed by atoms with Crippen molar-refractivity contribution in [2.45, 2.75) is 52.6 Å². The molecule has 0 bridgehead atoms. The summed E-state index contributed by atoms with van der Waals surface area (Å²) >= 11 is 0. The molecule has 1 aliphatic carbocycles. The van der Waals surface area contributed by atoms with Crippen molar-refractivity contribution in [2.75, 3.05) is 19.6 Å². The van der Waals surface area contributed by atoms with Gasteiger partial charge in [0.05, 0.1) is 0 Å². The zero-order valence-corrected chi connectivity index (χ0v) is 11.4. The van der Waals surface area contributed by atoms with Crippen LogP contribution in [-0.4, -0.2) is 36.6 Å². The van der Waals surface area contributed by atoms with Crippen molar-refractivity contribution >= 4 is 0 Å². The minimum absolute atomic E-state index is 0.697. The van der Waals surface area contributed by atoms with Gasteiger partial charge in [-0.15, -0.1) is 0 Å². The molecule has 1 saturated heterocycles. The molecule has 1 aliphatic heterocycles. The van der Waals surface area contributed by atoms with Gasteiger partial charge in [0.25, 0.3) is 0 Å². The van der Waals surface area contributed by atoms with Crippen molar-refractivity contribution in [1.82, 2.24) is 10.2 Å². The first-order valence-electron chi connectivity index (χ1n) is 7.05. The van der Waals surface area contributed by atoms with Gasteiger partial charge in [0.2, 0.25) is 0 Å². The summed E-state index contributed by atoms with van der Waals surface area (Å²) < 4.78 is 0. The Balaban J connectivity index is 1.85. The molecule has 0 spiro atoms. The Morgan fingerprint density at radius 3 is 2.50 bits per heavy atom. The molecule has 2 fully saturated rings. The predicted molar refractivity (Wildman–Crippen MR) is 69.6 cm³/mol. The average Bonchev–Trinajstić information content (AvgIpc) is 3.04. The average molecular weight is 224 g/mol. The molecule has 3 atom stereocenters. The first-order valence-corrected chi connectivity index (χ1v) is 7.05. The van der Waals surface area contributed by atoms with Crippen molar-refractivity contribution < 1.29 is 0 Å². The molecule has 2 rings (SSSR count). The number of nitrogens with one attached hydrogen (secondary N) is 1. The van der Waals surface area contributed by atoms with E-state index in [-0.39, 0.29) is 0 Å². The van der Waals surface area contributed by atoms with Crippen molar-refractivity contribution in [3.8, 4) is 0 Å². The summed E-state index contributed by atoms with van der Waals surface area (Å²) in [6.45, 7) is 13.2. The van der Waals surface area contributed by atoms with Gasteiger partial charge >= 0.3 is 0 Å². The second-order valence-corrected chi connectivity index (χ2v) is 6.38. The maximum atomic E-state index is 3.67. The van der Waals surface area contributed by atoms with Crippen molar-refractivity contribution in [3.05, 3.63) is 0 Å². The van der Waals surface area contributed by atoms with Gasteiger partial charge in [-0.1, -0.05) is 20.8 Å². The summed E-state index contributed by atoms with van der Waals surface area (Å²) in [5, 5.41) is 3.67. The van der Waals surface area contributed by atoms with E-state index < -0.39 is 0 Å². The van der Waals surface area contributed by atoms with Crippen LogP contribution in [0.2, 0.25) is 0 Å². The highest BCUT2D eigenvalue weighted by molar-refractivity contribution is 4.88. The molecule has 1 heterocycles. The molecule has 1 saturated carbocycles. The Morgan fingerprint density at radius 1 is 1.25 bits per heavy atom. The van der Waals surface area contributed by atoms with E-state index in [1.807, 2.05) is 0 Å². The highest BCUT2D eigenvalue weighted by Crippen LogP contribution is 2.37. The zero-order chi connectivity index (χ0) is 11.7. The van der Waals surface area contributed by atoms with E-state index in [4.69, 9.17) is 0 Å². The molecule has 2 aliphatic rings. The summed E-state index contributed by atoms with van der Waals surface area (Å²) in [5.74, 6) is 2.71. The summed E-state index contributed by atoms with van der Waals surface area (Å²) in [4.78, 5) is 2.71. The van der Waals surface area contributed by atoms with Crippen LogP contribution in [0.25, 0.3) is 0 Å². The third-order valence-corrected chi connectivity index (χ3v) is 4.48. The molecular weight excluding hydrogens is 196 g/mol. The van der Waals surface area contributed by atoms with Crippen LogP contribution < -0.4 is 5.32 Å². The smallest absolute Gasteiger partial charge is 0.0218 e. The summed E-state index contributed by atoms with van der Waals surface area (Å²) in [6.07, 6.45) is 2.96. The Labute approximate surface area is 101 Å². The molecule has 0 aromatic rings. The van der Waals surface area contributed by atoms with Crippen molar-refractivity contribution in [2.24, 2.45) is 17.8 Å². The van der Waals surface area contributed by atoms with Gasteiger partial charge < -0.3 is 5.32 Å². The van der Waals surface area contributed by atoms with Gasteiger partial charge in [-0.2, -0.15) is 0 Å². The minimum Gasteiger partial charge on any atom is -0.311 e. The highest BCUT2D eigenvalue weighted by Gasteiger charge is 2.32. The largest absolute Gasteiger partial charge is 0.311 e. The Morgan fingerprint density at radius 2 is 1.94 bits per heavy atom. The van der Waals surface area contributed by atoms with Gasteiger partial charge in [-0.3, -0.25) is 4.90 Å². The number of hydrogen-bond donors (Lipinski definition) is 1. The monoisotopic (exact) mass is 224 g/mol. The van der Waals surface area contributed by atoms with E-state index in [0.29, 0.717) is 6.04 Å². The second-order valence-electron chi connectivity index (χ2n) is 6.38.